The zero-order chi connectivity index (χ0) is 24.0. The van der Waals surface area contributed by atoms with Crippen molar-refractivity contribution >= 4 is 51.4 Å². The number of fused-ring (bicyclic) bond motifs is 1. The molecule has 2 aromatic heterocycles. The lowest BCUT2D eigenvalue weighted by Crippen LogP contribution is -2.76. The van der Waals surface area contributed by atoms with Crippen LogP contribution in [0.25, 0.3) is 0 Å². The Kier molecular flexibility index (Phi) is 6.01. The zero-order valence-corrected chi connectivity index (χ0v) is 19.1. The number of aromatic nitrogens is 8. The molecule has 0 aliphatic carbocycles. The fourth-order valence-corrected chi connectivity index (χ4v) is 6.78. The van der Waals surface area contributed by atoms with E-state index in [1.54, 1.807) is 0 Å². The second kappa shape index (κ2) is 8.50. The Morgan fingerprint density at radius 2 is 2.12 bits per heavy atom. The molecule has 178 valence electrons. The smallest absolute Gasteiger partial charge is 0.313 e. The molecule has 0 saturated carbocycles. The van der Waals surface area contributed by atoms with Gasteiger partial charge < -0.3 is 10.0 Å². The Morgan fingerprint density at radius 3 is 2.73 bits per heavy atom. The molecular weight excluding hydrogens is 504 g/mol. The van der Waals surface area contributed by atoms with Crippen molar-refractivity contribution in [2.45, 2.75) is 29.4 Å². The molecule has 4 rings (SSSR count). The van der Waals surface area contributed by atoms with Gasteiger partial charge in [0.25, 0.3) is 16.0 Å². The molecule has 2 unspecified atom stereocenters. The summed E-state index contributed by atoms with van der Waals surface area (Å²) in [6.45, 7) is 1.13. The van der Waals surface area contributed by atoms with E-state index in [4.69, 9.17) is 4.55 Å². The molecule has 2 amide bonds. The van der Waals surface area contributed by atoms with E-state index in [-0.39, 0.29) is 23.2 Å². The summed E-state index contributed by atoms with van der Waals surface area (Å²) >= 11 is 2.09. The van der Waals surface area contributed by atoms with Crippen molar-refractivity contribution in [3.8, 4) is 0 Å². The number of hydrogen-bond donors (Lipinski definition) is 2. The summed E-state index contributed by atoms with van der Waals surface area (Å²) in [6.07, 6.45) is 1.18. The van der Waals surface area contributed by atoms with Gasteiger partial charge >= 0.3 is 5.97 Å². The van der Waals surface area contributed by atoms with Crippen LogP contribution in [0.5, 0.6) is 0 Å². The number of carbonyl (C=O) groups is 3. The first-order valence-electron chi connectivity index (χ1n) is 9.05. The largest absolute Gasteiger partial charge is 0.481 e. The molecule has 3 atom stereocenters. The molecule has 0 radical (unpaired) electrons. The van der Waals surface area contributed by atoms with Crippen molar-refractivity contribution in [3.05, 3.63) is 6.33 Å². The number of aliphatic carboxylic acids is 1. The van der Waals surface area contributed by atoms with E-state index < -0.39 is 50.6 Å². The molecule has 2 saturated heterocycles. The third-order valence-electron chi connectivity index (χ3n) is 4.98. The molecule has 2 N–H and O–H groups in total. The highest BCUT2D eigenvalue weighted by Crippen LogP contribution is 2.45. The molecular formula is C13H16N10O7S3. The third kappa shape index (κ3) is 4.37. The number of amides is 2. The van der Waals surface area contributed by atoms with Crippen molar-refractivity contribution < 1.29 is 32.5 Å². The van der Waals surface area contributed by atoms with Gasteiger partial charge in [-0.25, -0.2) is 9.69 Å². The van der Waals surface area contributed by atoms with Gasteiger partial charge in [0.05, 0.1) is 0 Å². The summed E-state index contributed by atoms with van der Waals surface area (Å²) in [7, 11) is -4.41. The van der Waals surface area contributed by atoms with E-state index in [1.807, 2.05) is 0 Å². The highest BCUT2D eigenvalue weighted by atomic mass is 32.2. The number of hydrogen-bond acceptors (Lipinski definition) is 13. The molecule has 17 nitrogen and oxygen atoms in total. The molecule has 4 heterocycles. The van der Waals surface area contributed by atoms with Crippen molar-refractivity contribution in [3.63, 3.8) is 0 Å². The molecule has 0 bridgehead atoms. The van der Waals surface area contributed by atoms with E-state index >= 15 is 0 Å². The molecule has 33 heavy (non-hydrogen) atoms. The van der Waals surface area contributed by atoms with Crippen LogP contribution in [0.1, 0.15) is 6.92 Å². The first-order valence-corrected chi connectivity index (χ1v) is 12.7. The molecule has 2 aliphatic rings. The van der Waals surface area contributed by atoms with Crippen LogP contribution in [0.3, 0.4) is 0 Å². The minimum atomic E-state index is -4.41. The Bertz CT molecular complexity index is 1190. The summed E-state index contributed by atoms with van der Waals surface area (Å²) in [5.41, 5.74) is -1.39. The lowest BCUT2D eigenvalue weighted by Gasteiger charge is -2.55. The molecule has 0 spiro atoms. The van der Waals surface area contributed by atoms with Crippen molar-refractivity contribution in [1.29, 1.82) is 0 Å². The second-order valence-corrected chi connectivity index (χ2v) is 10.7. The minimum Gasteiger partial charge on any atom is -0.481 e. The Morgan fingerprint density at radius 1 is 1.36 bits per heavy atom. The predicted molar refractivity (Wildman–Crippen MR) is 109 cm³/mol. The molecule has 0 aromatic carbocycles. The zero-order valence-electron chi connectivity index (χ0n) is 16.7. The van der Waals surface area contributed by atoms with Crippen LogP contribution >= 0.6 is 23.5 Å². The van der Waals surface area contributed by atoms with Gasteiger partial charge in [-0.3, -0.25) is 18.9 Å². The van der Waals surface area contributed by atoms with Gasteiger partial charge in [0.15, 0.2) is 18.2 Å². The van der Waals surface area contributed by atoms with Gasteiger partial charge in [-0.1, -0.05) is 11.8 Å². The third-order valence-corrected chi connectivity index (χ3v) is 8.37. The number of carbonyl (C=O) groups excluding carboxylic acids is 2. The first kappa shape index (κ1) is 23.3. The van der Waals surface area contributed by atoms with E-state index in [0.717, 1.165) is 26.2 Å². The van der Waals surface area contributed by atoms with Gasteiger partial charge in [0.2, 0.25) is 11.1 Å². The second-order valence-electron chi connectivity index (χ2n) is 7.25. The summed E-state index contributed by atoms with van der Waals surface area (Å²) in [4.78, 5) is 39.7. The quantitative estimate of drug-likeness (QED) is 0.203. The molecule has 2 fully saturated rings. The van der Waals surface area contributed by atoms with Gasteiger partial charge in [-0.2, -0.15) is 8.42 Å². The van der Waals surface area contributed by atoms with Crippen molar-refractivity contribution in [2.24, 2.45) is 5.41 Å². The van der Waals surface area contributed by atoms with Crippen LogP contribution in [0, 0.1) is 5.41 Å². The fraction of sp³-hybridized carbons (Fsp3) is 0.615. The van der Waals surface area contributed by atoms with Gasteiger partial charge in [0, 0.05) is 25.0 Å². The number of β-lactam (4-membered cyclic amide) rings is 1. The summed E-state index contributed by atoms with van der Waals surface area (Å²) in [5, 5.41) is 31.7. The van der Waals surface area contributed by atoms with E-state index in [1.165, 1.54) is 29.9 Å². The van der Waals surface area contributed by atoms with Crippen LogP contribution in [-0.2, 0) is 30.4 Å². The minimum absolute atomic E-state index is 0.00498. The maximum Gasteiger partial charge on any atom is 0.313 e. The van der Waals surface area contributed by atoms with Gasteiger partial charge in [-0.15, -0.1) is 26.8 Å². The fourth-order valence-electron chi connectivity index (χ4n) is 3.44. The normalized spacial score (nSPS) is 24.8. The number of carboxylic acids is 1. The molecule has 2 aliphatic heterocycles. The van der Waals surface area contributed by atoms with Crippen LogP contribution in [-0.4, -0.2) is 111 Å². The van der Waals surface area contributed by atoms with Crippen molar-refractivity contribution in [1.82, 2.24) is 45.4 Å². The van der Waals surface area contributed by atoms with E-state index in [2.05, 4.69) is 31.1 Å². The number of tetrazole rings is 2. The average molecular weight is 521 g/mol. The lowest BCUT2D eigenvalue weighted by molar-refractivity contribution is -0.157. The maximum atomic E-state index is 12.9. The predicted octanol–water partition coefficient (Wildman–Crippen LogP) is -2.86. The molecule has 20 heteroatoms. The standard InChI is InChI=1S/C13H16N10O7S3/c1-7(24)23(22-5-14-16-19-22)8-9(25)20-2-13(11(26)27,3-31-10(8)20)4-32-12-15-17-18-21(12)6-33(28,29)30/h5,8,10H,2-4,6H2,1H3,(H,26,27)(H,28,29,30)/t8?,10-,13?/m1/s1. The van der Waals surface area contributed by atoms with Crippen LogP contribution in [0.15, 0.2) is 11.5 Å². The van der Waals surface area contributed by atoms with Crippen LogP contribution in [0.4, 0.5) is 0 Å². The van der Waals surface area contributed by atoms with E-state index in [0.29, 0.717) is 0 Å². The van der Waals surface area contributed by atoms with Crippen molar-refractivity contribution in [2.75, 3.05) is 23.1 Å². The SMILES string of the molecule is CC(=O)N(C1C(=O)N2CC(CSc3nnnn3CS(=O)(=O)O)(C(=O)O)CS[C@H]12)n1cnnn1. The lowest BCUT2D eigenvalue weighted by atomic mass is 9.89. The highest BCUT2D eigenvalue weighted by molar-refractivity contribution is 8.00. The number of nitrogens with zero attached hydrogens (tertiary/aromatic N) is 10. The van der Waals surface area contributed by atoms with Crippen LogP contribution in [0.2, 0.25) is 0 Å². The van der Waals surface area contributed by atoms with Gasteiger partial charge in [-0.05, 0) is 20.9 Å². The van der Waals surface area contributed by atoms with Gasteiger partial charge in [0.1, 0.15) is 10.8 Å². The Hall–Kier alpha value is -2.84. The summed E-state index contributed by atoms with van der Waals surface area (Å²) < 4.78 is 32.1. The summed E-state index contributed by atoms with van der Waals surface area (Å²) in [6, 6.07) is -0.891. The first-order chi connectivity index (χ1) is 15.5. The monoisotopic (exact) mass is 520 g/mol. The summed E-state index contributed by atoms with van der Waals surface area (Å²) in [5.74, 6) is -2.94. The topological polar surface area (TPSA) is 219 Å². The van der Waals surface area contributed by atoms with E-state index in [9.17, 15) is 27.9 Å². The maximum absolute atomic E-state index is 12.9. The molecule has 2 aromatic rings. The number of rotatable bonds is 8. The number of carboxylic acid groups (broad SMARTS) is 1. The Labute approximate surface area is 193 Å². The Balaban J connectivity index is 1.49. The number of thioether (sulfide) groups is 2. The average Bonchev–Trinajstić information content (AvgIpc) is 3.40. The van der Waals surface area contributed by atoms with Crippen LogP contribution < -0.4 is 5.01 Å². The highest BCUT2D eigenvalue weighted by Gasteiger charge is 2.60.